The maximum atomic E-state index is 12.7. The van der Waals surface area contributed by atoms with E-state index in [2.05, 4.69) is 27.7 Å². The van der Waals surface area contributed by atoms with E-state index in [4.69, 9.17) is 11.6 Å². The third-order valence-electron chi connectivity index (χ3n) is 4.67. The summed E-state index contributed by atoms with van der Waals surface area (Å²) in [4.78, 5) is 26.2. The first-order valence-electron chi connectivity index (χ1n) is 9.15. The monoisotopic (exact) mass is 385 g/mol. The number of halogens is 1. The quantitative estimate of drug-likeness (QED) is 0.812. The zero-order valence-electron chi connectivity index (χ0n) is 15.4. The van der Waals surface area contributed by atoms with Crippen LogP contribution in [0.5, 0.6) is 0 Å². The summed E-state index contributed by atoms with van der Waals surface area (Å²) in [5, 5.41) is 6.01. The first kappa shape index (κ1) is 19.4. The highest BCUT2D eigenvalue weighted by Gasteiger charge is 2.26. The summed E-state index contributed by atoms with van der Waals surface area (Å²) < 4.78 is 0. The van der Waals surface area contributed by atoms with Gasteiger partial charge in [-0.25, -0.2) is 0 Å². The van der Waals surface area contributed by atoms with Crippen LogP contribution >= 0.6 is 11.6 Å². The molecule has 1 unspecified atom stereocenters. The number of carbonyl (C=O) groups is 2. The fraction of sp³-hybridized carbons (Fsp3) is 0.333. The van der Waals surface area contributed by atoms with E-state index >= 15 is 0 Å². The van der Waals surface area contributed by atoms with Crippen LogP contribution in [0.15, 0.2) is 48.5 Å². The van der Waals surface area contributed by atoms with Crippen LogP contribution in [0, 0.1) is 5.92 Å². The Morgan fingerprint density at radius 1 is 1.15 bits per heavy atom. The molecule has 6 heteroatoms. The van der Waals surface area contributed by atoms with E-state index in [0.717, 1.165) is 32.5 Å². The molecule has 2 aromatic rings. The maximum absolute atomic E-state index is 12.7. The standard InChI is InChI=1S/C21H24ClN3O2/c1-15(26)23-20-10-9-18(12-19(20)22)24-21(27)17-8-5-11-25(14-17)13-16-6-3-2-4-7-16/h2-4,6-7,9-10,12,17H,5,8,11,13-14H2,1H3,(H,23,26)(H,24,27). The van der Waals surface area contributed by atoms with Crippen LogP contribution in [0.2, 0.25) is 5.02 Å². The Balaban J connectivity index is 1.58. The van der Waals surface area contributed by atoms with Crippen molar-refractivity contribution in [1.29, 1.82) is 0 Å². The summed E-state index contributed by atoms with van der Waals surface area (Å²) in [6.07, 6.45) is 1.89. The van der Waals surface area contributed by atoms with Gasteiger partial charge in [0.2, 0.25) is 11.8 Å². The van der Waals surface area contributed by atoms with Crippen LogP contribution in [0.3, 0.4) is 0 Å². The summed E-state index contributed by atoms with van der Waals surface area (Å²) in [5.74, 6) is -0.221. The van der Waals surface area contributed by atoms with Crippen LogP contribution in [-0.4, -0.2) is 29.8 Å². The normalized spacial score (nSPS) is 17.3. The van der Waals surface area contributed by atoms with E-state index in [1.165, 1.54) is 12.5 Å². The highest BCUT2D eigenvalue weighted by Crippen LogP contribution is 2.27. The van der Waals surface area contributed by atoms with Gasteiger partial charge in [0.05, 0.1) is 16.6 Å². The Morgan fingerprint density at radius 2 is 1.93 bits per heavy atom. The van der Waals surface area contributed by atoms with Crippen molar-refractivity contribution in [2.75, 3.05) is 23.7 Å². The van der Waals surface area contributed by atoms with E-state index in [0.29, 0.717) is 16.4 Å². The molecule has 0 aliphatic carbocycles. The van der Waals surface area contributed by atoms with Crippen LogP contribution in [0.4, 0.5) is 11.4 Å². The lowest BCUT2D eigenvalue weighted by molar-refractivity contribution is -0.121. The predicted molar refractivity (Wildman–Crippen MR) is 109 cm³/mol. The average molecular weight is 386 g/mol. The molecule has 2 aromatic carbocycles. The summed E-state index contributed by atoms with van der Waals surface area (Å²) in [6.45, 7) is 4.05. The lowest BCUT2D eigenvalue weighted by Crippen LogP contribution is -2.40. The molecule has 1 heterocycles. The van der Waals surface area contributed by atoms with Gasteiger partial charge in [-0.1, -0.05) is 41.9 Å². The van der Waals surface area contributed by atoms with E-state index in [1.807, 2.05) is 18.2 Å². The fourth-order valence-electron chi connectivity index (χ4n) is 3.38. The van der Waals surface area contributed by atoms with Crippen LogP contribution in [-0.2, 0) is 16.1 Å². The summed E-state index contributed by atoms with van der Waals surface area (Å²) in [7, 11) is 0. The third-order valence-corrected chi connectivity index (χ3v) is 4.99. The Bertz CT molecular complexity index is 810. The minimum absolute atomic E-state index is 0.0103. The van der Waals surface area contributed by atoms with Crippen molar-refractivity contribution in [2.24, 2.45) is 5.92 Å². The Kier molecular flexibility index (Phi) is 6.48. The Morgan fingerprint density at radius 3 is 2.63 bits per heavy atom. The molecule has 0 spiro atoms. The van der Waals surface area contributed by atoms with Gasteiger partial charge in [0.1, 0.15) is 0 Å². The number of carbonyl (C=O) groups excluding carboxylic acids is 2. The van der Waals surface area contributed by atoms with Gasteiger partial charge in [-0.15, -0.1) is 0 Å². The molecule has 1 aliphatic rings. The summed E-state index contributed by atoms with van der Waals surface area (Å²) in [6, 6.07) is 15.4. The van der Waals surface area contributed by atoms with Crippen molar-refractivity contribution < 1.29 is 9.59 Å². The largest absolute Gasteiger partial charge is 0.326 e. The molecule has 1 fully saturated rings. The van der Waals surface area contributed by atoms with Gasteiger partial charge in [0.15, 0.2) is 0 Å². The van der Waals surface area contributed by atoms with Crippen LogP contribution in [0.1, 0.15) is 25.3 Å². The second-order valence-electron chi connectivity index (χ2n) is 6.92. The van der Waals surface area contributed by atoms with Crippen molar-refractivity contribution in [1.82, 2.24) is 4.90 Å². The zero-order valence-corrected chi connectivity index (χ0v) is 16.1. The second kappa shape index (κ2) is 9.02. The summed E-state index contributed by atoms with van der Waals surface area (Å²) in [5.41, 5.74) is 2.44. The van der Waals surface area contributed by atoms with Crippen molar-refractivity contribution in [3.05, 3.63) is 59.1 Å². The summed E-state index contributed by atoms with van der Waals surface area (Å²) >= 11 is 6.18. The van der Waals surface area contributed by atoms with Crippen molar-refractivity contribution in [2.45, 2.75) is 26.3 Å². The van der Waals surface area contributed by atoms with Gasteiger partial charge in [0, 0.05) is 25.7 Å². The number of piperidine rings is 1. The van der Waals surface area contributed by atoms with Crippen molar-refractivity contribution in [3.63, 3.8) is 0 Å². The van der Waals surface area contributed by atoms with Crippen molar-refractivity contribution >= 4 is 34.8 Å². The number of likely N-dealkylation sites (tertiary alicyclic amines) is 1. The molecule has 0 bridgehead atoms. The number of benzene rings is 2. The number of rotatable bonds is 5. The molecule has 0 radical (unpaired) electrons. The molecule has 0 aromatic heterocycles. The van der Waals surface area contributed by atoms with Gasteiger partial charge in [0.25, 0.3) is 0 Å². The van der Waals surface area contributed by atoms with Gasteiger partial charge in [-0.3, -0.25) is 14.5 Å². The molecule has 1 atom stereocenters. The van der Waals surface area contributed by atoms with Gasteiger partial charge < -0.3 is 10.6 Å². The number of hydrogen-bond acceptors (Lipinski definition) is 3. The van der Waals surface area contributed by atoms with E-state index in [9.17, 15) is 9.59 Å². The number of nitrogens with zero attached hydrogens (tertiary/aromatic N) is 1. The van der Waals surface area contributed by atoms with E-state index in [1.54, 1.807) is 18.2 Å². The molecule has 1 aliphatic heterocycles. The average Bonchev–Trinajstić information content (AvgIpc) is 2.65. The van der Waals surface area contributed by atoms with Gasteiger partial charge in [-0.05, 0) is 43.1 Å². The third kappa shape index (κ3) is 5.55. The van der Waals surface area contributed by atoms with Gasteiger partial charge in [-0.2, -0.15) is 0 Å². The zero-order chi connectivity index (χ0) is 19.2. The fourth-order valence-corrected chi connectivity index (χ4v) is 3.61. The van der Waals surface area contributed by atoms with Crippen LogP contribution in [0.25, 0.3) is 0 Å². The van der Waals surface area contributed by atoms with E-state index in [-0.39, 0.29) is 17.7 Å². The number of nitrogens with one attached hydrogen (secondary N) is 2. The SMILES string of the molecule is CC(=O)Nc1ccc(NC(=O)C2CCCN(Cc3ccccc3)C2)cc1Cl. The highest BCUT2D eigenvalue weighted by molar-refractivity contribution is 6.34. The number of anilines is 2. The molecule has 0 saturated carbocycles. The number of hydrogen-bond donors (Lipinski definition) is 2. The molecule has 1 saturated heterocycles. The molecule has 2 amide bonds. The molecular formula is C21H24ClN3O2. The first-order valence-corrected chi connectivity index (χ1v) is 9.53. The van der Waals surface area contributed by atoms with Crippen LogP contribution < -0.4 is 10.6 Å². The Labute approximate surface area is 164 Å². The van der Waals surface area contributed by atoms with Gasteiger partial charge >= 0.3 is 0 Å². The lowest BCUT2D eigenvalue weighted by atomic mass is 9.96. The smallest absolute Gasteiger partial charge is 0.228 e. The first-order chi connectivity index (χ1) is 13.0. The molecule has 5 nitrogen and oxygen atoms in total. The molecule has 27 heavy (non-hydrogen) atoms. The molecule has 142 valence electrons. The topological polar surface area (TPSA) is 61.4 Å². The van der Waals surface area contributed by atoms with Crippen molar-refractivity contribution in [3.8, 4) is 0 Å². The lowest BCUT2D eigenvalue weighted by Gasteiger charge is -2.32. The molecule has 2 N–H and O–H groups in total. The highest BCUT2D eigenvalue weighted by atomic mass is 35.5. The van der Waals surface area contributed by atoms with E-state index < -0.39 is 0 Å². The number of amides is 2. The maximum Gasteiger partial charge on any atom is 0.228 e. The minimum atomic E-state index is -0.186. The predicted octanol–water partition coefficient (Wildman–Crippen LogP) is 4.15. The minimum Gasteiger partial charge on any atom is -0.326 e. The second-order valence-corrected chi connectivity index (χ2v) is 7.33. The Hall–Kier alpha value is -2.37. The molecule has 3 rings (SSSR count). The molecular weight excluding hydrogens is 362 g/mol.